The number of primary amides is 1. The Kier molecular flexibility index (Phi) is 2.91. The van der Waals surface area contributed by atoms with E-state index in [2.05, 4.69) is 0 Å². The highest BCUT2D eigenvalue weighted by atomic mass is 16.1. The molecule has 1 heterocycles. The first-order valence-corrected chi connectivity index (χ1v) is 4.31. The summed E-state index contributed by atoms with van der Waals surface area (Å²) in [5.74, 6) is -0.619. The van der Waals surface area contributed by atoms with E-state index in [0.717, 1.165) is 31.5 Å². The molecule has 1 rings (SSSR count). The van der Waals surface area contributed by atoms with Gasteiger partial charge in [-0.1, -0.05) is 0 Å². The van der Waals surface area contributed by atoms with Crippen molar-refractivity contribution in [3.8, 4) is 6.07 Å². The molecule has 0 aliphatic carbocycles. The van der Waals surface area contributed by atoms with Gasteiger partial charge in [-0.2, -0.15) is 5.26 Å². The molecular weight excluding hydrogens is 166 g/mol. The van der Waals surface area contributed by atoms with Crippen molar-refractivity contribution in [1.29, 1.82) is 5.26 Å². The zero-order valence-corrected chi connectivity index (χ0v) is 7.71. The molecule has 2 N–H and O–H groups in total. The maximum Gasteiger partial charge on any atom is 0.261 e. The largest absolute Gasteiger partial charge is 0.377 e. The zero-order valence-electron chi connectivity index (χ0n) is 7.71. The molecule has 70 valence electrons. The third-order valence-electron chi connectivity index (χ3n) is 2.26. The highest BCUT2D eigenvalue weighted by Gasteiger charge is 2.18. The highest BCUT2D eigenvalue weighted by molar-refractivity contribution is 5.96. The number of hydrogen-bond donors (Lipinski definition) is 1. The number of piperidine rings is 1. The number of likely N-dealkylation sites (tertiary alicyclic amines) is 1. The Hall–Kier alpha value is -1.50. The summed E-state index contributed by atoms with van der Waals surface area (Å²) in [4.78, 5) is 12.8. The van der Waals surface area contributed by atoms with E-state index in [1.165, 1.54) is 0 Å². The van der Waals surface area contributed by atoms with E-state index in [0.29, 0.717) is 0 Å². The van der Waals surface area contributed by atoms with Crippen LogP contribution in [0.3, 0.4) is 0 Å². The van der Waals surface area contributed by atoms with Crippen molar-refractivity contribution < 1.29 is 4.79 Å². The fourth-order valence-corrected chi connectivity index (χ4v) is 1.54. The van der Waals surface area contributed by atoms with Gasteiger partial charge in [-0.3, -0.25) is 4.79 Å². The van der Waals surface area contributed by atoms with Gasteiger partial charge in [0.25, 0.3) is 5.91 Å². The molecule has 0 aromatic heterocycles. The van der Waals surface area contributed by atoms with E-state index in [1.807, 2.05) is 18.0 Å². The number of allylic oxidation sites excluding steroid dienone is 1. The minimum atomic E-state index is -0.619. The van der Waals surface area contributed by atoms with Crippen LogP contribution in [0.2, 0.25) is 0 Å². The molecule has 0 spiro atoms. The Morgan fingerprint density at radius 3 is 2.77 bits per heavy atom. The number of nitrogens with zero attached hydrogens (tertiary/aromatic N) is 2. The summed E-state index contributed by atoms with van der Waals surface area (Å²) in [5.41, 5.74) is 6.00. The third-order valence-corrected chi connectivity index (χ3v) is 2.26. The van der Waals surface area contributed by atoms with Crippen LogP contribution in [0.15, 0.2) is 11.3 Å². The minimum absolute atomic E-state index is 0.113. The van der Waals surface area contributed by atoms with Crippen LogP contribution in [0.25, 0.3) is 0 Å². The topological polar surface area (TPSA) is 70.1 Å². The smallest absolute Gasteiger partial charge is 0.261 e. The van der Waals surface area contributed by atoms with Crippen LogP contribution in [0, 0.1) is 11.3 Å². The average Bonchev–Trinajstić information content (AvgIpc) is 2.09. The van der Waals surface area contributed by atoms with Gasteiger partial charge >= 0.3 is 0 Å². The van der Waals surface area contributed by atoms with Gasteiger partial charge in [0.2, 0.25) is 0 Å². The molecule has 1 fully saturated rings. The van der Waals surface area contributed by atoms with E-state index < -0.39 is 5.91 Å². The minimum Gasteiger partial charge on any atom is -0.377 e. The van der Waals surface area contributed by atoms with Crippen LogP contribution < -0.4 is 5.73 Å². The number of nitrogens with two attached hydrogens (primary N) is 1. The van der Waals surface area contributed by atoms with Gasteiger partial charge in [-0.05, 0) is 19.3 Å². The van der Waals surface area contributed by atoms with Gasteiger partial charge < -0.3 is 10.6 Å². The number of amides is 1. The summed E-state index contributed by atoms with van der Waals surface area (Å²) < 4.78 is 0. The van der Waals surface area contributed by atoms with E-state index in [-0.39, 0.29) is 5.57 Å². The SMILES string of the molecule is CN1CCCC/C1=C(\C#N)C(N)=O. The molecule has 0 aromatic carbocycles. The molecule has 1 saturated heterocycles. The van der Waals surface area contributed by atoms with Crippen molar-refractivity contribution in [3.63, 3.8) is 0 Å². The molecule has 0 bridgehead atoms. The Balaban J connectivity index is 2.98. The first kappa shape index (κ1) is 9.59. The van der Waals surface area contributed by atoms with Gasteiger partial charge in [0.15, 0.2) is 0 Å². The normalized spacial score (nSPS) is 20.8. The summed E-state index contributed by atoms with van der Waals surface area (Å²) in [6, 6.07) is 1.87. The van der Waals surface area contributed by atoms with Gasteiger partial charge in [-0.25, -0.2) is 0 Å². The molecule has 4 heteroatoms. The van der Waals surface area contributed by atoms with Crippen molar-refractivity contribution in [2.75, 3.05) is 13.6 Å². The molecule has 0 saturated carbocycles. The highest BCUT2D eigenvalue weighted by Crippen LogP contribution is 2.21. The number of hydrogen-bond acceptors (Lipinski definition) is 3. The van der Waals surface area contributed by atoms with Gasteiger partial charge in [0, 0.05) is 19.3 Å². The molecule has 13 heavy (non-hydrogen) atoms. The summed E-state index contributed by atoms with van der Waals surface area (Å²) in [6.45, 7) is 0.897. The van der Waals surface area contributed by atoms with E-state index in [4.69, 9.17) is 11.0 Å². The van der Waals surface area contributed by atoms with Crippen molar-refractivity contribution in [2.24, 2.45) is 5.73 Å². The fourth-order valence-electron chi connectivity index (χ4n) is 1.54. The predicted molar refractivity (Wildman–Crippen MR) is 48.3 cm³/mol. The van der Waals surface area contributed by atoms with E-state index in [1.54, 1.807) is 0 Å². The second-order valence-corrected chi connectivity index (χ2v) is 3.18. The first-order chi connectivity index (χ1) is 6.16. The van der Waals surface area contributed by atoms with Crippen molar-refractivity contribution in [1.82, 2.24) is 4.90 Å². The molecule has 4 nitrogen and oxygen atoms in total. The van der Waals surface area contributed by atoms with Crippen LogP contribution in [-0.4, -0.2) is 24.4 Å². The summed E-state index contributed by atoms with van der Waals surface area (Å²) in [5, 5.41) is 8.73. The fraction of sp³-hybridized carbons (Fsp3) is 0.556. The van der Waals surface area contributed by atoms with E-state index in [9.17, 15) is 4.79 Å². The molecule has 0 radical (unpaired) electrons. The van der Waals surface area contributed by atoms with Crippen molar-refractivity contribution in [3.05, 3.63) is 11.3 Å². The lowest BCUT2D eigenvalue weighted by Gasteiger charge is -2.27. The van der Waals surface area contributed by atoms with Crippen LogP contribution in [0.4, 0.5) is 0 Å². The Morgan fingerprint density at radius 1 is 1.62 bits per heavy atom. The average molecular weight is 179 g/mol. The second-order valence-electron chi connectivity index (χ2n) is 3.18. The lowest BCUT2D eigenvalue weighted by Crippen LogP contribution is -2.28. The molecule has 1 aliphatic heterocycles. The van der Waals surface area contributed by atoms with Gasteiger partial charge in [0.1, 0.15) is 11.6 Å². The molecule has 1 aliphatic rings. The third kappa shape index (κ3) is 2.00. The molecule has 0 unspecified atom stereocenters. The Bertz CT molecular complexity index is 288. The summed E-state index contributed by atoms with van der Waals surface area (Å²) in [7, 11) is 1.88. The van der Waals surface area contributed by atoms with Crippen molar-refractivity contribution >= 4 is 5.91 Å². The second kappa shape index (κ2) is 3.94. The number of rotatable bonds is 1. The van der Waals surface area contributed by atoms with Crippen LogP contribution >= 0.6 is 0 Å². The number of carbonyl (C=O) groups is 1. The van der Waals surface area contributed by atoms with Crippen LogP contribution in [0.5, 0.6) is 0 Å². The van der Waals surface area contributed by atoms with E-state index >= 15 is 0 Å². The molecule has 0 aromatic rings. The van der Waals surface area contributed by atoms with Crippen LogP contribution in [0.1, 0.15) is 19.3 Å². The lowest BCUT2D eigenvalue weighted by atomic mass is 10.0. The maximum atomic E-state index is 10.9. The zero-order chi connectivity index (χ0) is 9.84. The van der Waals surface area contributed by atoms with Gasteiger partial charge in [-0.15, -0.1) is 0 Å². The Labute approximate surface area is 77.6 Å². The van der Waals surface area contributed by atoms with Crippen molar-refractivity contribution in [2.45, 2.75) is 19.3 Å². The van der Waals surface area contributed by atoms with Crippen LogP contribution in [-0.2, 0) is 4.79 Å². The monoisotopic (exact) mass is 179 g/mol. The maximum absolute atomic E-state index is 10.9. The first-order valence-electron chi connectivity index (χ1n) is 4.31. The lowest BCUT2D eigenvalue weighted by molar-refractivity contribution is -0.114. The number of carbonyl (C=O) groups excluding carboxylic acids is 1. The number of nitriles is 1. The summed E-state index contributed by atoms with van der Waals surface area (Å²) in [6.07, 6.45) is 2.91. The summed E-state index contributed by atoms with van der Waals surface area (Å²) >= 11 is 0. The predicted octanol–water partition coefficient (Wildman–Crippen LogP) is 0.365. The quantitative estimate of drug-likeness (QED) is 0.467. The molecule has 0 atom stereocenters. The molecular formula is C9H13N3O. The van der Waals surface area contributed by atoms with Gasteiger partial charge in [0.05, 0.1) is 0 Å². The standard InChI is InChI=1S/C9H13N3O/c1-12-5-3-2-4-8(12)7(6-10)9(11)13/h2-5H2,1H3,(H2,11,13)/b8-7-. The molecule has 1 amide bonds. The Morgan fingerprint density at radius 2 is 2.31 bits per heavy atom.